The first-order chi connectivity index (χ1) is 16.3. The maximum absolute atomic E-state index is 12.6. The second kappa shape index (κ2) is 14.0. The molecule has 2 rings (SSSR count). The molecule has 190 valence electrons. The first kappa shape index (κ1) is 28.6. The van der Waals surface area contributed by atoms with E-state index < -0.39 is 22.5 Å². The van der Waals surface area contributed by atoms with Crippen molar-refractivity contribution < 1.29 is 9.32 Å². The highest BCUT2D eigenvalue weighted by molar-refractivity contribution is 7.90. The van der Waals surface area contributed by atoms with Crippen LogP contribution in [-0.2, 0) is 10.8 Å². The third kappa shape index (κ3) is 7.42. The average Bonchev–Trinajstić information content (AvgIpc) is 3.26. The van der Waals surface area contributed by atoms with E-state index in [9.17, 15) is 14.2 Å². The van der Waals surface area contributed by atoms with E-state index in [1.807, 2.05) is 43.1 Å². The van der Waals surface area contributed by atoms with Crippen LogP contribution in [0.5, 0.6) is 0 Å². The summed E-state index contributed by atoms with van der Waals surface area (Å²) in [6, 6.07) is -0.231. The van der Waals surface area contributed by atoms with Crippen LogP contribution in [0.15, 0.2) is 57.6 Å². The van der Waals surface area contributed by atoms with Crippen LogP contribution in [-0.4, -0.2) is 70.3 Å². The van der Waals surface area contributed by atoms with Crippen molar-refractivity contribution in [2.45, 2.75) is 45.4 Å². The molecule has 10 heteroatoms. The standard InChI is InChI=1S/C24H38ClN5O3S/c1-4-7-19(8-5-12-25)24(17-31)10-13-30(14-11-24)23(26)29-22(21-9-6-15-34(21)33)28-20(16-27-32)18(2)3/h4-5,7-9,18,20,23,31H,1,6,10-17,26H2,2-3H3,(H,28,29)/b8-5-,19-7+/t20-,23?,34?/m0/s1. The van der Waals surface area contributed by atoms with E-state index in [-0.39, 0.29) is 25.1 Å². The number of aliphatic hydroxyl groups is 1. The molecule has 2 unspecified atom stereocenters. The second-order valence-corrected chi connectivity index (χ2v) is 10.8. The molecule has 0 aromatic heterocycles. The minimum absolute atomic E-state index is 0.0130. The summed E-state index contributed by atoms with van der Waals surface area (Å²) >= 11 is 5.83. The third-order valence-electron chi connectivity index (χ3n) is 6.50. The van der Waals surface area contributed by atoms with Gasteiger partial charge in [0.15, 0.2) is 6.29 Å². The van der Waals surface area contributed by atoms with E-state index in [4.69, 9.17) is 22.3 Å². The number of nitrogens with zero attached hydrogens (tertiary/aromatic N) is 3. The molecule has 1 saturated heterocycles. The van der Waals surface area contributed by atoms with Gasteiger partial charge in [0.25, 0.3) is 0 Å². The van der Waals surface area contributed by atoms with Crippen LogP contribution in [0.3, 0.4) is 0 Å². The molecule has 3 atom stereocenters. The first-order valence-corrected chi connectivity index (χ1v) is 13.6. The van der Waals surface area contributed by atoms with Crippen LogP contribution >= 0.6 is 11.6 Å². The number of aliphatic hydroxyl groups excluding tert-OH is 1. The smallest absolute Gasteiger partial charge is 0.155 e. The Balaban J connectivity index is 2.22. The summed E-state index contributed by atoms with van der Waals surface area (Å²) in [5, 5.41) is 16.6. The Hall–Kier alpha value is -1.65. The van der Waals surface area contributed by atoms with Gasteiger partial charge in [-0.2, -0.15) is 4.91 Å². The number of rotatable bonds is 12. The molecule has 2 aliphatic heterocycles. The van der Waals surface area contributed by atoms with Gasteiger partial charge in [-0.1, -0.05) is 56.0 Å². The third-order valence-corrected chi connectivity index (χ3v) is 8.13. The van der Waals surface area contributed by atoms with Gasteiger partial charge < -0.3 is 10.4 Å². The Bertz CT molecular complexity index is 848. The lowest BCUT2D eigenvalue weighted by molar-refractivity contribution is 0.0561. The molecule has 0 spiro atoms. The van der Waals surface area contributed by atoms with Crippen molar-refractivity contribution in [1.29, 1.82) is 0 Å². The normalized spacial score (nSPS) is 23.7. The highest BCUT2D eigenvalue weighted by Crippen LogP contribution is 2.39. The molecular formula is C24H38ClN5O3S. The van der Waals surface area contributed by atoms with Crippen molar-refractivity contribution in [2.75, 3.05) is 37.9 Å². The number of hydrogen-bond donors (Lipinski definition) is 3. The lowest BCUT2D eigenvalue weighted by atomic mass is 9.72. The van der Waals surface area contributed by atoms with Crippen molar-refractivity contribution in [3.05, 3.63) is 52.3 Å². The summed E-state index contributed by atoms with van der Waals surface area (Å²) in [6.07, 6.45) is 10.8. The van der Waals surface area contributed by atoms with Crippen LogP contribution in [0.1, 0.15) is 33.1 Å². The van der Waals surface area contributed by atoms with E-state index in [0.717, 1.165) is 5.57 Å². The molecule has 0 saturated carbocycles. The van der Waals surface area contributed by atoms with Crippen molar-refractivity contribution in [1.82, 2.24) is 10.2 Å². The first-order valence-electron chi connectivity index (χ1n) is 11.7. The number of hydrogen-bond acceptors (Lipinski definition) is 7. The number of halogens is 1. The van der Waals surface area contributed by atoms with Crippen molar-refractivity contribution in [3.8, 4) is 0 Å². The Morgan fingerprint density at radius 1 is 1.44 bits per heavy atom. The van der Waals surface area contributed by atoms with E-state index in [1.165, 1.54) is 0 Å². The summed E-state index contributed by atoms with van der Waals surface area (Å²) in [6.45, 7) is 9.15. The molecule has 8 nitrogen and oxygen atoms in total. The van der Waals surface area contributed by atoms with Crippen LogP contribution in [0.4, 0.5) is 0 Å². The van der Waals surface area contributed by atoms with Crippen LogP contribution < -0.4 is 11.1 Å². The molecule has 0 aliphatic carbocycles. The van der Waals surface area contributed by atoms with Crippen molar-refractivity contribution >= 4 is 28.2 Å². The number of nitrogens with one attached hydrogen (secondary N) is 1. The fraction of sp³-hybridized carbons (Fsp3) is 0.625. The SMILES string of the molecule is C=C/C=C(\C=C/CCl)C1(CO)CCN(C(N)N=C(N[C@@H](CN=O)C(C)C)C2=CCCS2=O)CC1. The predicted molar refractivity (Wildman–Crippen MR) is 142 cm³/mol. The maximum atomic E-state index is 12.6. The van der Waals surface area contributed by atoms with Gasteiger partial charge in [-0.15, -0.1) is 11.6 Å². The summed E-state index contributed by atoms with van der Waals surface area (Å²) in [5.41, 5.74) is 7.10. The van der Waals surface area contributed by atoms with Crippen LogP contribution in [0.25, 0.3) is 0 Å². The van der Waals surface area contributed by atoms with Gasteiger partial charge in [0.1, 0.15) is 12.4 Å². The van der Waals surface area contributed by atoms with Crippen LogP contribution in [0.2, 0.25) is 0 Å². The Morgan fingerprint density at radius 3 is 2.65 bits per heavy atom. The lowest BCUT2D eigenvalue weighted by Gasteiger charge is -2.43. The molecule has 0 amide bonds. The predicted octanol–water partition coefficient (Wildman–Crippen LogP) is 3.03. The second-order valence-electron chi connectivity index (χ2n) is 8.99. The molecule has 34 heavy (non-hydrogen) atoms. The molecule has 4 N–H and O–H groups in total. The van der Waals surface area contributed by atoms with Gasteiger partial charge in [-0.05, 0) is 30.8 Å². The molecule has 1 fully saturated rings. The van der Waals surface area contributed by atoms with Gasteiger partial charge in [0, 0.05) is 30.1 Å². The molecule has 0 aromatic carbocycles. The fourth-order valence-electron chi connectivity index (χ4n) is 4.23. The molecule has 2 aliphatic rings. The minimum atomic E-state index is -1.15. The molecule has 0 aromatic rings. The Kier molecular flexibility index (Phi) is 11.8. The van der Waals surface area contributed by atoms with Gasteiger partial charge >= 0.3 is 0 Å². The summed E-state index contributed by atoms with van der Waals surface area (Å²) < 4.78 is 12.6. The highest BCUT2D eigenvalue weighted by Gasteiger charge is 2.37. The quantitative estimate of drug-likeness (QED) is 0.122. The topological polar surface area (TPSA) is 120 Å². The monoisotopic (exact) mass is 511 g/mol. The minimum Gasteiger partial charge on any atom is -0.395 e. The zero-order valence-electron chi connectivity index (χ0n) is 20.2. The largest absolute Gasteiger partial charge is 0.395 e. The number of piperidine rings is 1. The van der Waals surface area contributed by atoms with E-state index >= 15 is 0 Å². The number of likely N-dealkylation sites (tertiary alicyclic amines) is 1. The van der Waals surface area contributed by atoms with Crippen molar-refractivity contribution in [3.63, 3.8) is 0 Å². The Morgan fingerprint density at radius 2 is 2.15 bits per heavy atom. The molecule has 0 bridgehead atoms. The van der Waals surface area contributed by atoms with Gasteiger partial charge in [0.2, 0.25) is 0 Å². The number of aliphatic imine (C=N–C) groups is 1. The Labute approximate surface area is 210 Å². The number of amidine groups is 1. The zero-order chi connectivity index (χ0) is 25.1. The van der Waals surface area contributed by atoms with Gasteiger partial charge in [0.05, 0.1) is 28.4 Å². The van der Waals surface area contributed by atoms with Gasteiger partial charge in [-0.3, -0.25) is 14.8 Å². The van der Waals surface area contributed by atoms with E-state index in [2.05, 4.69) is 17.1 Å². The van der Waals surface area contributed by atoms with Crippen molar-refractivity contribution in [2.24, 2.45) is 27.2 Å². The lowest BCUT2D eigenvalue weighted by Crippen LogP contribution is -2.51. The van der Waals surface area contributed by atoms with E-state index in [0.29, 0.717) is 54.7 Å². The number of allylic oxidation sites excluding steroid dienone is 5. The molecule has 0 radical (unpaired) electrons. The van der Waals surface area contributed by atoms with Gasteiger partial charge in [-0.25, -0.2) is 4.99 Å². The summed E-state index contributed by atoms with van der Waals surface area (Å²) in [5.74, 6) is 1.56. The molecular weight excluding hydrogens is 474 g/mol. The van der Waals surface area contributed by atoms with Crippen LogP contribution in [0, 0.1) is 16.2 Å². The number of nitrogens with two attached hydrogens (primary N) is 1. The maximum Gasteiger partial charge on any atom is 0.155 e. The zero-order valence-corrected chi connectivity index (χ0v) is 21.7. The average molecular weight is 512 g/mol. The number of nitroso groups, excluding NO2 is 1. The van der Waals surface area contributed by atoms with E-state index in [1.54, 1.807) is 6.08 Å². The summed E-state index contributed by atoms with van der Waals surface area (Å²) in [7, 11) is -1.15. The number of alkyl halides is 1. The molecule has 2 heterocycles. The highest BCUT2D eigenvalue weighted by atomic mass is 35.5. The fourth-order valence-corrected chi connectivity index (χ4v) is 5.50. The summed E-state index contributed by atoms with van der Waals surface area (Å²) in [4.78, 5) is 18.3.